The van der Waals surface area contributed by atoms with Crippen LogP contribution in [-0.2, 0) is 14.4 Å². The Morgan fingerprint density at radius 3 is 2.58 bits per heavy atom. The molecular weight excluding hydrogens is 355 g/mol. The van der Waals surface area contributed by atoms with Crippen LogP contribution in [0.3, 0.4) is 0 Å². The highest BCUT2D eigenvalue weighted by molar-refractivity contribution is 6.36. The molecule has 0 radical (unpaired) electrons. The van der Waals surface area contributed by atoms with Crippen LogP contribution < -0.4 is 4.90 Å². The van der Waals surface area contributed by atoms with Crippen LogP contribution in [0.15, 0.2) is 18.2 Å². The Labute approximate surface area is 148 Å². The number of hydrogen-bond donors (Lipinski definition) is 1. The Hall–Kier alpha value is -1.79. The minimum Gasteiger partial charge on any atom is -0.481 e. The summed E-state index contributed by atoms with van der Waals surface area (Å²) >= 11 is 12.1. The molecule has 6 nitrogen and oxygen atoms in total. The van der Waals surface area contributed by atoms with Crippen molar-refractivity contribution < 1.29 is 19.5 Å². The number of benzene rings is 1. The SMILES string of the molecule is O=C(O)[C@H]1CCN(C(=O)[C@@H]2CCN(c3cc(Cl)ccc3Cl)C2=O)C1. The van der Waals surface area contributed by atoms with Gasteiger partial charge in [-0.3, -0.25) is 14.4 Å². The second kappa shape index (κ2) is 6.61. The van der Waals surface area contributed by atoms with Gasteiger partial charge in [0.15, 0.2) is 0 Å². The zero-order valence-corrected chi connectivity index (χ0v) is 14.3. The number of likely N-dealkylation sites (tertiary alicyclic amines) is 1. The molecule has 0 unspecified atom stereocenters. The molecule has 24 heavy (non-hydrogen) atoms. The highest BCUT2D eigenvalue weighted by atomic mass is 35.5. The monoisotopic (exact) mass is 370 g/mol. The highest BCUT2D eigenvalue weighted by Crippen LogP contribution is 2.34. The number of carboxylic acids is 1. The molecule has 0 bridgehead atoms. The molecule has 1 N–H and O–H groups in total. The van der Waals surface area contributed by atoms with Crippen molar-refractivity contribution in [1.29, 1.82) is 0 Å². The van der Waals surface area contributed by atoms with E-state index in [4.69, 9.17) is 28.3 Å². The Morgan fingerprint density at radius 1 is 1.17 bits per heavy atom. The van der Waals surface area contributed by atoms with Gasteiger partial charge in [0.25, 0.3) is 0 Å². The van der Waals surface area contributed by atoms with E-state index in [0.29, 0.717) is 41.7 Å². The van der Waals surface area contributed by atoms with E-state index in [2.05, 4.69) is 0 Å². The van der Waals surface area contributed by atoms with Crippen molar-refractivity contribution in [3.63, 3.8) is 0 Å². The lowest BCUT2D eigenvalue weighted by atomic mass is 10.1. The lowest BCUT2D eigenvalue weighted by molar-refractivity contribution is -0.142. The molecule has 1 aromatic rings. The molecule has 3 rings (SSSR count). The first-order valence-corrected chi connectivity index (χ1v) is 8.42. The number of anilines is 1. The lowest BCUT2D eigenvalue weighted by Gasteiger charge is -2.21. The molecule has 2 atom stereocenters. The van der Waals surface area contributed by atoms with Gasteiger partial charge in [-0.05, 0) is 31.0 Å². The van der Waals surface area contributed by atoms with Gasteiger partial charge < -0.3 is 14.9 Å². The Balaban J connectivity index is 1.73. The van der Waals surface area contributed by atoms with E-state index >= 15 is 0 Å². The van der Waals surface area contributed by atoms with Gasteiger partial charge in [0.2, 0.25) is 11.8 Å². The average molecular weight is 371 g/mol. The average Bonchev–Trinajstić information content (AvgIpc) is 3.16. The smallest absolute Gasteiger partial charge is 0.308 e. The Kier molecular flexibility index (Phi) is 4.69. The standard InChI is InChI=1S/C16H16Cl2N2O4/c17-10-1-2-12(18)13(7-10)20-6-4-11(15(20)22)14(21)19-5-3-9(8-19)16(23)24/h1-2,7,9,11H,3-6,8H2,(H,23,24)/t9-,11-/m0/s1. The fourth-order valence-electron chi connectivity index (χ4n) is 3.22. The summed E-state index contributed by atoms with van der Waals surface area (Å²) in [5.41, 5.74) is 0.495. The zero-order chi connectivity index (χ0) is 17.4. The third kappa shape index (κ3) is 3.08. The van der Waals surface area contributed by atoms with Gasteiger partial charge in [-0.15, -0.1) is 0 Å². The van der Waals surface area contributed by atoms with Crippen LogP contribution in [0, 0.1) is 11.8 Å². The van der Waals surface area contributed by atoms with Crippen LogP contribution in [0.1, 0.15) is 12.8 Å². The number of nitrogens with zero attached hydrogens (tertiary/aromatic N) is 2. The molecule has 2 aliphatic rings. The maximum absolute atomic E-state index is 12.6. The van der Waals surface area contributed by atoms with Crippen LogP contribution in [0.4, 0.5) is 5.69 Å². The van der Waals surface area contributed by atoms with Crippen molar-refractivity contribution in [2.45, 2.75) is 12.8 Å². The molecule has 2 heterocycles. The molecule has 2 aliphatic heterocycles. The topological polar surface area (TPSA) is 77.9 Å². The van der Waals surface area contributed by atoms with Crippen molar-refractivity contribution in [2.75, 3.05) is 24.5 Å². The van der Waals surface area contributed by atoms with Crippen LogP contribution in [0.2, 0.25) is 10.0 Å². The van der Waals surface area contributed by atoms with E-state index in [0.717, 1.165) is 0 Å². The van der Waals surface area contributed by atoms with Crippen LogP contribution in [-0.4, -0.2) is 47.4 Å². The predicted molar refractivity (Wildman–Crippen MR) is 89.2 cm³/mol. The van der Waals surface area contributed by atoms with Crippen LogP contribution >= 0.6 is 23.2 Å². The summed E-state index contributed by atoms with van der Waals surface area (Å²) in [5.74, 6) is -2.86. The van der Waals surface area contributed by atoms with Crippen molar-refractivity contribution in [2.24, 2.45) is 11.8 Å². The van der Waals surface area contributed by atoms with E-state index < -0.39 is 17.8 Å². The van der Waals surface area contributed by atoms with Gasteiger partial charge in [0.05, 0.1) is 16.6 Å². The summed E-state index contributed by atoms with van der Waals surface area (Å²) in [6, 6.07) is 4.84. The molecule has 0 saturated carbocycles. The van der Waals surface area contributed by atoms with E-state index in [1.165, 1.54) is 9.80 Å². The Bertz CT molecular complexity index is 709. The Morgan fingerprint density at radius 2 is 1.92 bits per heavy atom. The lowest BCUT2D eigenvalue weighted by Crippen LogP contribution is -2.39. The number of aliphatic carboxylic acids is 1. The number of rotatable bonds is 3. The van der Waals surface area contributed by atoms with Crippen LogP contribution in [0.25, 0.3) is 0 Å². The van der Waals surface area contributed by atoms with E-state index in [1.807, 2.05) is 0 Å². The molecule has 2 fully saturated rings. The highest BCUT2D eigenvalue weighted by Gasteiger charge is 2.42. The minimum absolute atomic E-state index is 0.163. The third-order valence-electron chi connectivity index (χ3n) is 4.55. The zero-order valence-electron chi connectivity index (χ0n) is 12.7. The second-order valence-corrected chi connectivity index (χ2v) is 6.88. The molecular formula is C16H16Cl2N2O4. The van der Waals surface area contributed by atoms with Crippen molar-refractivity contribution in [3.05, 3.63) is 28.2 Å². The minimum atomic E-state index is -0.907. The van der Waals surface area contributed by atoms with Gasteiger partial charge in [-0.1, -0.05) is 23.2 Å². The van der Waals surface area contributed by atoms with Gasteiger partial charge >= 0.3 is 5.97 Å². The van der Waals surface area contributed by atoms with Crippen molar-refractivity contribution in [3.8, 4) is 0 Å². The molecule has 128 valence electrons. The summed E-state index contributed by atoms with van der Waals surface area (Å²) in [6.45, 7) is 0.916. The fraction of sp³-hybridized carbons (Fsp3) is 0.438. The number of carbonyl (C=O) groups is 3. The summed E-state index contributed by atoms with van der Waals surface area (Å²) in [5, 5.41) is 9.89. The normalized spacial score (nSPS) is 23.8. The number of amides is 2. The molecule has 0 aliphatic carbocycles. The van der Waals surface area contributed by atoms with Crippen molar-refractivity contribution >= 4 is 46.7 Å². The van der Waals surface area contributed by atoms with Gasteiger partial charge in [0.1, 0.15) is 5.92 Å². The second-order valence-electron chi connectivity index (χ2n) is 6.03. The molecule has 0 spiro atoms. The molecule has 1 aromatic carbocycles. The largest absolute Gasteiger partial charge is 0.481 e. The van der Waals surface area contributed by atoms with E-state index in [9.17, 15) is 14.4 Å². The molecule has 8 heteroatoms. The first kappa shape index (κ1) is 17.0. The maximum atomic E-state index is 12.6. The number of carbonyl (C=O) groups excluding carboxylic acids is 2. The quantitative estimate of drug-likeness (QED) is 0.827. The predicted octanol–water partition coefficient (Wildman–Crippen LogP) is 2.28. The van der Waals surface area contributed by atoms with Gasteiger partial charge in [-0.25, -0.2) is 0 Å². The molecule has 0 aromatic heterocycles. The number of halogens is 2. The summed E-state index contributed by atoms with van der Waals surface area (Å²) in [7, 11) is 0. The van der Waals surface area contributed by atoms with Crippen LogP contribution in [0.5, 0.6) is 0 Å². The fourth-order valence-corrected chi connectivity index (χ4v) is 3.61. The summed E-state index contributed by atoms with van der Waals surface area (Å²) in [4.78, 5) is 39.2. The third-order valence-corrected chi connectivity index (χ3v) is 5.11. The number of hydrogen-bond acceptors (Lipinski definition) is 3. The first-order valence-electron chi connectivity index (χ1n) is 7.66. The van der Waals surface area contributed by atoms with E-state index in [1.54, 1.807) is 18.2 Å². The molecule has 2 amide bonds. The summed E-state index contributed by atoms with van der Waals surface area (Å²) < 4.78 is 0. The summed E-state index contributed by atoms with van der Waals surface area (Å²) in [6.07, 6.45) is 0.806. The number of carboxylic acid groups (broad SMARTS) is 1. The first-order chi connectivity index (χ1) is 11.4. The van der Waals surface area contributed by atoms with E-state index in [-0.39, 0.29) is 18.4 Å². The van der Waals surface area contributed by atoms with Gasteiger partial charge in [-0.2, -0.15) is 0 Å². The van der Waals surface area contributed by atoms with Crippen molar-refractivity contribution in [1.82, 2.24) is 4.90 Å². The maximum Gasteiger partial charge on any atom is 0.308 e. The molecule has 2 saturated heterocycles. The van der Waals surface area contributed by atoms with Gasteiger partial charge in [0, 0.05) is 24.7 Å².